The number of hydrogen-bond donors (Lipinski definition) is 3. The molecule has 2 rings (SSSR count). The van der Waals surface area contributed by atoms with Crippen molar-refractivity contribution in [1.82, 2.24) is 9.55 Å². The van der Waals surface area contributed by atoms with Crippen molar-refractivity contribution in [2.24, 2.45) is 0 Å². The lowest BCUT2D eigenvalue weighted by Gasteiger charge is -2.16. The largest absolute Gasteiger partial charge is 0.393 e. The first kappa shape index (κ1) is 13.6. The lowest BCUT2D eigenvalue weighted by molar-refractivity contribution is -0.0528. The van der Waals surface area contributed by atoms with Crippen LogP contribution in [0.2, 0.25) is 0 Å². The van der Waals surface area contributed by atoms with Gasteiger partial charge in [0.2, 0.25) is 0 Å². The summed E-state index contributed by atoms with van der Waals surface area (Å²) in [7, 11) is 0. The van der Waals surface area contributed by atoms with E-state index in [4.69, 9.17) is 9.84 Å². The Labute approximate surface area is 104 Å². The fraction of sp³-hybridized carbons (Fsp3) is 0.400. The molecule has 1 aromatic heterocycles. The average Bonchev–Trinajstić information content (AvgIpc) is 2.66. The van der Waals surface area contributed by atoms with E-state index < -0.39 is 47.9 Å². The number of aliphatic hydroxyl groups excluding tert-OH is 2. The number of halogens is 2. The molecule has 104 valence electrons. The van der Waals surface area contributed by atoms with Gasteiger partial charge in [0.25, 0.3) is 11.6 Å². The Balaban J connectivity index is 2.45. The van der Waals surface area contributed by atoms with Crippen LogP contribution in [-0.4, -0.2) is 38.6 Å². The summed E-state index contributed by atoms with van der Waals surface area (Å²) in [5.41, 5.74) is -2.35. The van der Waals surface area contributed by atoms with Crippen LogP contribution in [0, 0.1) is 0 Å². The summed E-state index contributed by atoms with van der Waals surface area (Å²) in [6, 6.07) is 0.985. The highest BCUT2D eigenvalue weighted by molar-refractivity contribution is 5.20. The number of H-pyrrole nitrogens is 1. The molecule has 1 aliphatic rings. The van der Waals surface area contributed by atoms with Gasteiger partial charge in [-0.3, -0.25) is 14.3 Å². The molecular weight excluding hydrogens is 266 g/mol. The summed E-state index contributed by atoms with van der Waals surface area (Å²) in [4.78, 5) is 24.3. The molecule has 0 unspecified atom stereocenters. The van der Waals surface area contributed by atoms with Crippen molar-refractivity contribution in [3.63, 3.8) is 0 Å². The van der Waals surface area contributed by atoms with E-state index >= 15 is 0 Å². The molecule has 3 N–H and O–H groups in total. The standard InChI is InChI=1S/C10H10F2N2O5/c11-8(12)6-4(3-15)19-9(7(6)17)14-2-1-5(16)13-10(14)18/h1-2,4,7,9,15,17H,3H2,(H,13,16,18)/t4-,7-,9-/m1/s1. The third-order valence-electron chi connectivity index (χ3n) is 2.75. The molecule has 7 nitrogen and oxygen atoms in total. The molecule has 1 aliphatic heterocycles. The van der Waals surface area contributed by atoms with Crippen molar-refractivity contribution in [3.05, 3.63) is 44.8 Å². The summed E-state index contributed by atoms with van der Waals surface area (Å²) in [5, 5.41) is 18.7. The molecule has 0 radical (unpaired) electrons. The van der Waals surface area contributed by atoms with Crippen LogP contribution >= 0.6 is 0 Å². The van der Waals surface area contributed by atoms with E-state index in [9.17, 15) is 23.5 Å². The Morgan fingerprint density at radius 2 is 2.16 bits per heavy atom. The molecule has 0 spiro atoms. The number of nitrogens with one attached hydrogen (secondary N) is 1. The van der Waals surface area contributed by atoms with Crippen LogP contribution < -0.4 is 11.2 Å². The van der Waals surface area contributed by atoms with Crippen molar-refractivity contribution in [3.8, 4) is 0 Å². The number of aromatic nitrogens is 2. The van der Waals surface area contributed by atoms with Crippen LogP contribution in [0.1, 0.15) is 6.23 Å². The van der Waals surface area contributed by atoms with E-state index in [-0.39, 0.29) is 0 Å². The topological polar surface area (TPSA) is 105 Å². The van der Waals surface area contributed by atoms with Crippen LogP contribution in [0.5, 0.6) is 0 Å². The maximum Gasteiger partial charge on any atom is 0.330 e. The van der Waals surface area contributed by atoms with Gasteiger partial charge in [0.1, 0.15) is 12.2 Å². The van der Waals surface area contributed by atoms with Crippen molar-refractivity contribution in [2.75, 3.05) is 6.61 Å². The van der Waals surface area contributed by atoms with Crippen LogP contribution in [-0.2, 0) is 4.74 Å². The first-order valence-electron chi connectivity index (χ1n) is 5.26. The van der Waals surface area contributed by atoms with Gasteiger partial charge >= 0.3 is 5.69 Å². The molecule has 1 aromatic rings. The number of nitrogens with zero attached hydrogens (tertiary/aromatic N) is 1. The zero-order valence-corrected chi connectivity index (χ0v) is 9.42. The Kier molecular flexibility index (Phi) is 3.60. The van der Waals surface area contributed by atoms with E-state index in [1.165, 1.54) is 0 Å². The van der Waals surface area contributed by atoms with Gasteiger partial charge in [-0.15, -0.1) is 0 Å². The summed E-state index contributed by atoms with van der Waals surface area (Å²) < 4.78 is 31.1. The van der Waals surface area contributed by atoms with Crippen LogP contribution in [0.15, 0.2) is 33.5 Å². The third kappa shape index (κ3) is 2.35. The molecule has 1 saturated heterocycles. The minimum Gasteiger partial charge on any atom is -0.393 e. The SMILES string of the molecule is O=c1ccn([C@@H]2O[C@H](CO)C(=C(F)F)[C@H]2O)c(=O)[nH]1. The van der Waals surface area contributed by atoms with Crippen molar-refractivity contribution in [2.45, 2.75) is 18.4 Å². The Morgan fingerprint density at radius 1 is 1.47 bits per heavy atom. The van der Waals surface area contributed by atoms with Crippen LogP contribution in [0.25, 0.3) is 0 Å². The molecule has 0 aliphatic carbocycles. The number of hydrogen-bond acceptors (Lipinski definition) is 5. The Morgan fingerprint density at radius 3 is 2.63 bits per heavy atom. The normalized spacial score (nSPS) is 26.7. The maximum atomic E-state index is 12.7. The van der Waals surface area contributed by atoms with Crippen molar-refractivity contribution >= 4 is 0 Å². The highest BCUT2D eigenvalue weighted by atomic mass is 19.3. The molecule has 1 fully saturated rings. The average molecular weight is 276 g/mol. The van der Waals surface area contributed by atoms with Crippen molar-refractivity contribution in [1.29, 1.82) is 0 Å². The lowest BCUT2D eigenvalue weighted by Crippen LogP contribution is -2.35. The van der Waals surface area contributed by atoms with Gasteiger partial charge in [0.05, 0.1) is 12.2 Å². The minimum atomic E-state index is -2.17. The van der Waals surface area contributed by atoms with Gasteiger partial charge in [0, 0.05) is 12.3 Å². The predicted molar refractivity (Wildman–Crippen MR) is 57.6 cm³/mol. The van der Waals surface area contributed by atoms with E-state index in [2.05, 4.69) is 0 Å². The molecule has 2 heterocycles. The third-order valence-corrected chi connectivity index (χ3v) is 2.75. The zero-order valence-electron chi connectivity index (χ0n) is 9.42. The molecule has 0 aromatic carbocycles. The number of aliphatic hydroxyl groups is 2. The van der Waals surface area contributed by atoms with Crippen LogP contribution in [0.3, 0.4) is 0 Å². The highest BCUT2D eigenvalue weighted by Crippen LogP contribution is 2.35. The Bertz CT molecular complexity index is 619. The molecule has 0 bridgehead atoms. The molecule has 3 atom stereocenters. The maximum absolute atomic E-state index is 12.7. The van der Waals surface area contributed by atoms with E-state index in [0.29, 0.717) is 0 Å². The van der Waals surface area contributed by atoms with Gasteiger partial charge in [-0.1, -0.05) is 0 Å². The molecule has 0 amide bonds. The fourth-order valence-electron chi connectivity index (χ4n) is 1.88. The van der Waals surface area contributed by atoms with Crippen LogP contribution in [0.4, 0.5) is 8.78 Å². The first-order valence-corrected chi connectivity index (χ1v) is 5.26. The molecule has 0 saturated carbocycles. The number of ether oxygens (including phenoxy) is 1. The summed E-state index contributed by atoms with van der Waals surface area (Å²) in [5.74, 6) is 0. The Hall–Kier alpha value is -1.84. The number of aromatic amines is 1. The molecule has 9 heteroatoms. The fourth-order valence-corrected chi connectivity index (χ4v) is 1.88. The zero-order chi connectivity index (χ0) is 14.2. The summed E-state index contributed by atoms with van der Waals surface area (Å²) in [6.07, 6.45) is -5.78. The first-order chi connectivity index (χ1) is 8.95. The highest BCUT2D eigenvalue weighted by Gasteiger charge is 2.42. The monoisotopic (exact) mass is 276 g/mol. The quantitative estimate of drug-likeness (QED) is 0.638. The minimum absolute atomic E-state index is 0.667. The van der Waals surface area contributed by atoms with E-state index in [1.54, 1.807) is 0 Å². The molecular formula is C10H10F2N2O5. The predicted octanol–water partition coefficient (Wildman–Crippen LogP) is -1.06. The summed E-state index contributed by atoms with van der Waals surface area (Å²) in [6.45, 7) is -0.766. The molecule has 19 heavy (non-hydrogen) atoms. The van der Waals surface area contributed by atoms with Gasteiger partial charge < -0.3 is 14.9 Å². The van der Waals surface area contributed by atoms with Gasteiger partial charge in [0.15, 0.2) is 6.23 Å². The lowest BCUT2D eigenvalue weighted by atomic mass is 10.1. The van der Waals surface area contributed by atoms with Gasteiger partial charge in [-0.2, -0.15) is 8.78 Å². The van der Waals surface area contributed by atoms with Gasteiger partial charge in [-0.25, -0.2) is 4.79 Å². The van der Waals surface area contributed by atoms with E-state index in [0.717, 1.165) is 16.8 Å². The second kappa shape index (κ2) is 5.03. The van der Waals surface area contributed by atoms with Crippen molar-refractivity contribution < 1.29 is 23.7 Å². The second-order valence-corrected chi connectivity index (χ2v) is 3.88. The van der Waals surface area contributed by atoms with Gasteiger partial charge in [-0.05, 0) is 0 Å². The number of rotatable bonds is 2. The van der Waals surface area contributed by atoms with E-state index in [1.807, 2.05) is 4.98 Å². The smallest absolute Gasteiger partial charge is 0.330 e. The summed E-state index contributed by atoms with van der Waals surface area (Å²) >= 11 is 0. The second-order valence-electron chi connectivity index (χ2n) is 3.88.